The molecule has 0 aromatic heterocycles. The number of hydrogen-bond donors (Lipinski definition) is 0. The van der Waals surface area contributed by atoms with E-state index in [1.54, 1.807) is 13.0 Å². The number of benzene rings is 2. The smallest absolute Gasteiger partial charge is 0.338 e. The molecule has 0 aliphatic carbocycles. The van der Waals surface area contributed by atoms with Crippen molar-refractivity contribution in [2.75, 3.05) is 33.5 Å². The first-order valence-electron chi connectivity index (χ1n) is 14.9. The number of rotatable bonds is 18. The van der Waals surface area contributed by atoms with Crippen LogP contribution in [0.5, 0.6) is 5.75 Å². The monoisotopic (exact) mass is 554 g/mol. The van der Waals surface area contributed by atoms with Crippen LogP contribution in [0.25, 0.3) is 0 Å². The van der Waals surface area contributed by atoms with Crippen LogP contribution < -0.4 is 4.74 Å². The molecule has 1 aliphatic heterocycles. The van der Waals surface area contributed by atoms with Crippen molar-refractivity contribution in [2.45, 2.75) is 90.3 Å². The van der Waals surface area contributed by atoms with Gasteiger partial charge in [-0.15, -0.1) is 0 Å². The highest BCUT2D eigenvalue weighted by Gasteiger charge is 2.14. The van der Waals surface area contributed by atoms with E-state index >= 15 is 0 Å². The van der Waals surface area contributed by atoms with Crippen molar-refractivity contribution < 1.29 is 33.3 Å². The number of esters is 2. The second-order valence-corrected chi connectivity index (χ2v) is 10.2. The SMILES string of the molecule is CCOC(=O)c1cccc(CCCOc2cccc(CCCCCCOC3CCCCO3)c2CCC(=O)OC)c1. The molecule has 220 valence electrons. The largest absolute Gasteiger partial charge is 0.493 e. The van der Waals surface area contributed by atoms with E-state index in [1.807, 2.05) is 30.3 Å². The summed E-state index contributed by atoms with van der Waals surface area (Å²) >= 11 is 0. The van der Waals surface area contributed by atoms with Crippen LogP contribution in [0.3, 0.4) is 0 Å². The van der Waals surface area contributed by atoms with Crippen LogP contribution in [0, 0.1) is 0 Å². The van der Waals surface area contributed by atoms with Crippen molar-refractivity contribution >= 4 is 11.9 Å². The minimum atomic E-state index is -0.296. The number of unbranched alkanes of at least 4 members (excludes halogenated alkanes) is 3. The molecule has 0 N–H and O–H groups in total. The van der Waals surface area contributed by atoms with Gasteiger partial charge in [0.1, 0.15) is 5.75 Å². The van der Waals surface area contributed by atoms with Gasteiger partial charge in [-0.3, -0.25) is 4.79 Å². The zero-order chi connectivity index (χ0) is 28.4. The Kier molecular flexibility index (Phi) is 14.6. The van der Waals surface area contributed by atoms with E-state index < -0.39 is 0 Å². The van der Waals surface area contributed by atoms with Crippen LogP contribution >= 0.6 is 0 Å². The number of carbonyl (C=O) groups excluding carboxylic acids is 2. The molecule has 7 heteroatoms. The molecule has 1 heterocycles. The molecular formula is C33H46O7. The topological polar surface area (TPSA) is 80.3 Å². The van der Waals surface area contributed by atoms with E-state index in [2.05, 4.69) is 6.07 Å². The van der Waals surface area contributed by atoms with E-state index in [-0.39, 0.29) is 18.2 Å². The van der Waals surface area contributed by atoms with Gasteiger partial charge in [0.15, 0.2) is 6.29 Å². The first kappa shape index (κ1) is 31.6. The lowest BCUT2D eigenvalue weighted by Crippen LogP contribution is -2.22. The Morgan fingerprint density at radius 3 is 2.58 bits per heavy atom. The molecule has 40 heavy (non-hydrogen) atoms. The highest BCUT2D eigenvalue weighted by molar-refractivity contribution is 5.89. The molecule has 2 aromatic carbocycles. The van der Waals surface area contributed by atoms with Gasteiger partial charge in [-0.25, -0.2) is 4.79 Å². The second kappa shape index (κ2) is 18.4. The van der Waals surface area contributed by atoms with E-state index in [9.17, 15) is 9.59 Å². The molecule has 0 radical (unpaired) electrons. The Bertz CT molecular complexity index is 1030. The third kappa shape index (κ3) is 11.3. The molecule has 2 aromatic rings. The molecule has 1 unspecified atom stereocenters. The lowest BCUT2D eigenvalue weighted by atomic mass is 9.96. The summed E-state index contributed by atoms with van der Waals surface area (Å²) in [7, 11) is 1.42. The maximum atomic E-state index is 12.0. The van der Waals surface area contributed by atoms with Crippen LogP contribution in [-0.2, 0) is 43.0 Å². The maximum Gasteiger partial charge on any atom is 0.338 e. The number of methoxy groups -OCH3 is 1. The van der Waals surface area contributed by atoms with Gasteiger partial charge >= 0.3 is 11.9 Å². The summed E-state index contributed by atoms with van der Waals surface area (Å²) in [6, 6.07) is 13.7. The van der Waals surface area contributed by atoms with Gasteiger partial charge < -0.3 is 23.7 Å². The first-order chi connectivity index (χ1) is 19.6. The quantitative estimate of drug-likeness (QED) is 0.151. The summed E-state index contributed by atoms with van der Waals surface area (Å²) in [6.07, 6.45) is 11.2. The molecule has 1 fully saturated rings. The van der Waals surface area contributed by atoms with Crippen molar-refractivity contribution in [2.24, 2.45) is 0 Å². The predicted molar refractivity (Wildman–Crippen MR) is 155 cm³/mol. The summed E-state index contributed by atoms with van der Waals surface area (Å²) in [5.41, 5.74) is 3.97. The molecule has 0 amide bonds. The molecule has 0 bridgehead atoms. The van der Waals surface area contributed by atoms with Gasteiger partial charge in [0, 0.05) is 19.6 Å². The predicted octanol–water partition coefficient (Wildman–Crippen LogP) is 6.63. The van der Waals surface area contributed by atoms with Crippen molar-refractivity contribution in [3.05, 3.63) is 64.7 Å². The van der Waals surface area contributed by atoms with Gasteiger partial charge in [0.25, 0.3) is 0 Å². The highest BCUT2D eigenvalue weighted by Crippen LogP contribution is 2.26. The Labute approximate surface area is 239 Å². The normalized spacial score (nSPS) is 15.0. The van der Waals surface area contributed by atoms with Gasteiger partial charge in [0.05, 0.1) is 25.9 Å². The Morgan fingerprint density at radius 1 is 0.925 bits per heavy atom. The number of hydrogen-bond acceptors (Lipinski definition) is 7. The van der Waals surface area contributed by atoms with Crippen LogP contribution in [-0.4, -0.2) is 51.8 Å². The summed E-state index contributed by atoms with van der Waals surface area (Å²) in [5.74, 6) is 0.321. The number of aryl methyl sites for hydroxylation is 2. The second-order valence-electron chi connectivity index (χ2n) is 10.2. The summed E-state index contributed by atoms with van der Waals surface area (Å²) < 4.78 is 27.7. The Hall–Kier alpha value is -2.90. The first-order valence-corrected chi connectivity index (χ1v) is 14.9. The van der Waals surface area contributed by atoms with Gasteiger partial charge in [-0.2, -0.15) is 0 Å². The minimum absolute atomic E-state index is 0.0105. The zero-order valence-electron chi connectivity index (χ0n) is 24.3. The van der Waals surface area contributed by atoms with E-state index in [0.717, 1.165) is 87.9 Å². The van der Waals surface area contributed by atoms with E-state index in [0.29, 0.717) is 31.6 Å². The highest BCUT2D eigenvalue weighted by atomic mass is 16.7. The van der Waals surface area contributed by atoms with Gasteiger partial charge in [-0.05, 0) is 99.6 Å². The molecule has 7 nitrogen and oxygen atoms in total. The lowest BCUT2D eigenvalue weighted by molar-refractivity contribution is -0.162. The van der Waals surface area contributed by atoms with Crippen LogP contribution in [0.4, 0.5) is 0 Å². The third-order valence-corrected chi connectivity index (χ3v) is 7.12. The summed E-state index contributed by atoms with van der Waals surface area (Å²) in [5, 5.41) is 0. The van der Waals surface area contributed by atoms with Crippen molar-refractivity contribution in [1.29, 1.82) is 0 Å². The van der Waals surface area contributed by atoms with Gasteiger partial charge in [0.2, 0.25) is 0 Å². The fourth-order valence-corrected chi connectivity index (χ4v) is 4.95. The van der Waals surface area contributed by atoms with Crippen molar-refractivity contribution in [1.82, 2.24) is 0 Å². The van der Waals surface area contributed by atoms with Crippen molar-refractivity contribution in [3.63, 3.8) is 0 Å². The molecular weight excluding hydrogens is 508 g/mol. The lowest BCUT2D eigenvalue weighted by Gasteiger charge is -2.22. The number of carbonyl (C=O) groups is 2. The Morgan fingerprint density at radius 2 is 1.77 bits per heavy atom. The molecule has 1 saturated heterocycles. The zero-order valence-corrected chi connectivity index (χ0v) is 24.3. The third-order valence-electron chi connectivity index (χ3n) is 7.12. The molecule has 0 spiro atoms. The molecule has 1 atom stereocenters. The fraction of sp³-hybridized carbons (Fsp3) is 0.576. The maximum absolute atomic E-state index is 12.0. The molecule has 3 rings (SSSR count). The average molecular weight is 555 g/mol. The van der Waals surface area contributed by atoms with Crippen molar-refractivity contribution in [3.8, 4) is 5.75 Å². The summed E-state index contributed by atoms with van der Waals surface area (Å²) in [6.45, 7) is 4.28. The standard InChI is InChI=1S/C33H46O7/c1-3-37-33(35)28-17-10-13-26(25-28)14-12-24-38-30-18-11-16-27(29(30)20-21-31(34)36-2)15-6-4-5-8-22-39-32-19-7-9-23-40-32/h10-11,13,16-18,25,32H,3-9,12,14-15,19-24H2,1-2H3. The molecule has 1 aliphatic rings. The van der Waals surface area contributed by atoms with Gasteiger partial charge in [-0.1, -0.05) is 37.1 Å². The Balaban J connectivity index is 1.47. The fourth-order valence-electron chi connectivity index (χ4n) is 4.95. The van der Waals surface area contributed by atoms with Crippen LogP contribution in [0.2, 0.25) is 0 Å². The van der Waals surface area contributed by atoms with Crippen LogP contribution in [0.15, 0.2) is 42.5 Å². The minimum Gasteiger partial charge on any atom is -0.493 e. The van der Waals surface area contributed by atoms with E-state index in [1.165, 1.54) is 19.1 Å². The summed E-state index contributed by atoms with van der Waals surface area (Å²) in [4.78, 5) is 23.9. The molecule has 0 saturated carbocycles. The van der Waals surface area contributed by atoms with E-state index in [4.69, 9.17) is 23.7 Å². The average Bonchev–Trinajstić information content (AvgIpc) is 2.99. The van der Waals surface area contributed by atoms with Crippen LogP contribution in [0.1, 0.15) is 91.8 Å². The number of ether oxygens (including phenoxy) is 5.